The minimum atomic E-state index is 0.175. The number of hydrogen-bond acceptors (Lipinski definition) is 2. The third-order valence-corrected chi connectivity index (χ3v) is 6.45. The van der Waals surface area contributed by atoms with Crippen molar-refractivity contribution in [1.82, 2.24) is 9.47 Å². The van der Waals surface area contributed by atoms with Gasteiger partial charge in [0.25, 0.3) is 0 Å². The van der Waals surface area contributed by atoms with Gasteiger partial charge >= 0.3 is 0 Å². The van der Waals surface area contributed by atoms with Crippen LogP contribution in [0.5, 0.6) is 0 Å². The van der Waals surface area contributed by atoms with E-state index in [2.05, 4.69) is 40.7 Å². The summed E-state index contributed by atoms with van der Waals surface area (Å²) < 4.78 is 2.07. The van der Waals surface area contributed by atoms with Crippen LogP contribution in [0.1, 0.15) is 54.7 Å². The summed E-state index contributed by atoms with van der Waals surface area (Å²) in [7, 11) is 0. The van der Waals surface area contributed by atoms with E-state index in [1.807, 2.05) is 0 Å². The molecule has 1 fully saturated rings. The van der Waals surface area contributed by atoms with E-state index in [4.69, 9.17) is 0 Å². The SMILES string of the molecule is CCC12CCCN3CCc4c(n(c5ccccc45)C(=O)C1)[C@@H]32. The first-order valence-electron chi connectivity index (χ1n) is 8.65. The molecule has 2 atom stereocenters. The van der Waals surface area contributed by atoms with Crippen LogP contribution in [0.25, 0.3) is 10.9 Å². The van der Waals surface area contributed by atoms with Crippen LogP contribution in [-0.4, -0.2) is 28.5 Å². The highest BCUT2D eigenvalue weighted by atomic mass is 16.2. The van der Waals surface area contributed by atoms with Gasteiger partial charge in [-0.2, -0.15) is 0 Å². The number of fused-ring (bicyclic) bond motifs is 3. The third-order valence-electron chi connectivity index (χ3n) is 6.45. The Hall–Kier alpha value is -1.61. The summed E-state index contributed by atoms with van der Waals surface area (Å²) in [5.74, 6) is 0.319. The largest absolute Gasteiger partial charge is 0.294 e. The lowest BCUT2D eigenvalue weighted by atomic mass is 9.64. The van der Waals surface area contributed by atoms with Crippen molar-refractivity contribution in [2.45, 2.75) is 45.1 Å². The van der Waals surface area contributed by atoms with E-state index < -0.39 is 0 Å². The molecule has 0 saturated carbocycles. The van der Waals surface area contributed by atoms with Crippen LogP contribution in [0, 0.1) is 5.41 Å². The first-order valence-corrected chi connectivity index (χ1v) is 8.65. The number of piperidine rings is 1. The summed E-state index contributed by atoms with van der Waals surface area (Å²) >= 11 is 0. The van der Waals surface area contributed by atoms with Gasteiger partial charge in [0.15, 0.2) is 0 Å². The molecule has 0 radical (unpaired) electrons. The van der Waals surface area contributed by atoms with Crippen LogP contribution in [-0.2, 0) is 6.42 Å². The van der Waals surface area contributed by atoms with Crippen molar-refractivity contribution in [3.8, 4) is 0 Å². The molecule has 4 heterocycles. The molecule has 2 aromatic rings. The quantitative estimate of drug-likeness (QED) is 0.800. The fourth-order valence-corrected chi connectivity index (χ4v) is 5.45. The molecule has 3 aliphatic rings. The highest BCUT2D eigenvalue weighted by Gasteiger charge is 2.52. The zero-order valence-corrected chi connectivity index (χ0v) is 13.1. The summed E-state index contributed by atoms with van der Waals surface area (Å²) in [6, 6.07) is 8.95. The van der Waals surface area contributed by atoms with Gasteiger partial charge in [0.05, 0.1) is 11.6 Å². The van der Waals surface area contributed by atoms with Crippen LogP contribution in [0.3, 0.4) is 0 Å². The molecule has 1 unspecified atom stereocenters. The molecule has 0 spiro atoms. The van der Waals surface area contributed by atoms with Gasteiger partial charge < -0.3 is 0 Å². The first-order chi connectivity index (χ1) is 10.7. The van der Waals surface area contributed by atoms with Crippen molar-refractivity contribution in [2.75, 3.05) is 13.1 Å². The Kier molecular flexibility index (Phi) is 2.48. The maximum atomic E-state index is 13.0. The molecule has 5 rings (SSSR count). The predicted octanol–water partition coefficient (Wildman–Crippen LogP) is 3.77. The van der Waals surface area contributed by atoms with Crippen LogP contribution < -0.4 is 0 Å². The van der Waals surface area contributed by atoms with Crippen molar-refractivity contribution in [1.29, 1.82) is 0 Å². The van der Waals surface area contributed by atoms with E-state index in [9.17, 15) is 4.79 Å². The van der Waals surface area contributed by atoms with Crippen LogP contribution in [0.4, 0.5) is 0 Å². The molecule has 3 nitrogen and oxygen atoms in total. The predicted molar refractivity (Wildman–Crippen MR) is 87.2 cm³/mol. The summed E-state index contributed by atoms with van der Waals surface area (Å²) in [4.78, 5) is 15.7. The number of aromatic nitrogens is 1. The van der Waals surface area contributed by atoms with Gasteiger partial charge in [-0.05, 0) is 43.9 Å². The van der Waals surface area contributed by atoms with Crippen molar-refractivity contribution < 1.29 is 4.79 Å². The summed E-state index contributed by atoms with van der Waals surface area (Å²) in [5.41, 5.74) is 4.10. The second-order valence-corrected chi connectivity index (χ2v) is 7.29. The van der Waals surface area contributed by atoms with Crippen molar-refractivity contribution in [3.63, 3.8) is 0 Å². The average molecular weight is 294 g/mol. The third kappa shape index (κ3) is 1.38. The van der Waals surface area contributed by atoms with Crippen LogP contribution >= 0.6 is 0 Å². The fourth-order valence-electron chi connectivity index (χ4n) is 5.45. The minimum absolute atomic E-state index is 0.175. The molecular formula is C19H22N2O. The smallest absolute Gasteiger partial charge is 0.231 e. The molecule has 1 aromatic carbocycles. The van der Waals surface area contributed by atoms with Gasteiger partial charge in [-0.15, -0.1) is 0 Å². The van der Waals surface area contributed by atoms with Crippen LogP contribution in [0.15, 0.2) is 24.3 Å². The average Bonchev–Trinajstić information content (AvgIpc) is 2.89. The molecule has 22 heavy (non-hydrogen) atoms. The summed E-state index contributed by atoms with van der Waals surface area (Å²) in [6.07, 6.45) is 5.37. The second-order valence-electron chi connectivity index (χ2n) is 7.29. The Labute approximate surface area is 130 Å². The molecule has 0 amide bonds. The van der Waals surface area contributed by atoms with Gasteiger partial charge in [0.1, 0.15) is 0 Å². The lowest BCUT2D eigenvalue weighted by Gasteiger charge is -2.54. The van der Waals surface area contributed by atoms with E-state index in [1.54, 1.807) is 0 Å². The molecule has 0 bridgehead atoms. The number of para-hydroxylation sites is 1. The van der Waals surface area contributed by atoms with Crippen molar-refractivity contribution in [2.24, 2.45) is 5.41 Å². The molecule has 1 aromatic heterocycles. The molecule has 0 aliphatic carbocycles. The van der Waals surface area contributed by atoms with Crippen molar-refractivity contribution >= 4 is 16.8 Å². The maximum Gasteiger partial charge on any atom is 0.231 e. The molecule has 3 heteroatoms. The van der Waals surface area contributed by atoms with Crippen molar-refractivity contribution in [3.05, 3.63) is 35.5 Å². The Bertz CT molecular complexity index is 790. The van der Waals surface area contributed by atoms with Crippen LogP contribution in [0.2, 0.25) is 0 Å². The summed E-state index contributed by atoms with van der Waals surface area (Å²) in [6.45, 7) is 4.63. The second kappa shape index (κ2) is 4.23. The van der Waals surface area contributed by atoms with Gasteiger partial charge in [-0.1, -0.05) is 25.1 Å². The minimum Gasteiger partial charge on any atom is -0.294 e. The first kappa shape index (κ1) is 12.9. The van der Waals surface area contributed by atoms with E-state index in [-0.39, 0.29) is 5.41 Å². The fraction of sp³-hybridized carbons (Fsp3) is 0.526. The molecule has 114 valence electrons. The molecule has 0 N–H and O–H groups in total. The van der Waals surface area contributed by atoms with E-state index in [0.29, 0.717) is 11.9 Å². The Balaban J connectivity index is 1.88. The van der Waals surface area contributed by atoms with Gasteiger partial charge in [-0.25, -0.2) is 0 Å². The van der Waals surface area contributed by atoms with Gasteiger partial charge in [0, 0.05) is 29.5 Å². The number of carbonyl (C=O) groups excluding carboxylic acids is 1. The lowest BCUT2D eigenvalue weighted by Crippen LogP contribution is -2.53. The topological polar surface area (TPSA) is 25.2 Å². The number of nitrogens with zero attached hydrogens (tertiary/aromatic N) is 2. The monoisotopic (exact) mass is 294 g/mol. The maximum absolute atomic E-state index is 13.0. The number of carbonyl (C=O) groups is 1. The molecule has 1 saturated heterocycles. The van der Waals surface area contributed by atoms with E-state index in [0.717, 1.165) is 31.3 Å². The van der Waals surface area contributed by atoms with E-state index >= 15 is 0 Å². The Morgan fingerprint density at radius 1 is 1.27 bits per heavy atom. The number of benzene rings is 1. The number of hydrogen-bond donors (Lipinski definition) is 0. The van der Waals surface area contributed by atoms with Gasteiger partial charge in [0.2, 0.25) is 5.91 Å². The highest BCUT2D eigenvalue weighted by molar-refractivity contribution is 5.97. The zero-order chi connectivity index (χ0) is 14.9. The Morgan fingerprint density at radius 3 is 3.00 bits per heavy atom. The van der Waals surface area contributed by atoms with E-state index in [1.165, 1.54) is 36.0 Å². The normalized spacial score (nSPS) is 30.6. The Morgan fingerprint density at radius 2 is 2.14 bits per heavy atom. The highest BCUT2D eigenvalue weighted by Crippen LogP contribution is 2.56. The lowest BCUT2D eigenvalue weighted by molar-refractivity contribution is -0.0174. The standard InChI is InChI=1S/C19H22N2O/c1-2-19-9-5-10-20-11-8-14-13-6-3-4-7-15(13)21(16(22)12-19)17(14)18(19)20/h3-4,6-7,18H,2,5,8-12H2,1H3/t18-,19?/m1/s1. The van der Waals surface area contributed by atoms with Gasteiger partial charge in [-0.3, -0.25) is 14.3 Å². The molecular weight excluding hydrogens is 272 g/mol. The molecule has 3 aliphatic heterocycles. The zero-order valence-electron chi connectivity index (χ0n) is 13.1. The summed E-state index contributed by atoms with van der Waals surface area (Å²) in [5, 5.41) is 1.31. The number of rotatable bonds is 1.